The summed E-state index contributed by atoms with van der Waals surface area (Å²) in [6.07, 6.45) is 0.778. The van der Waals surface area contributed by atoms with Crippen molar-refractivity contribution in [2.45, 2.75) is 25.6 Å². The van der Waals surface area contributed by atoms with E-state index in [1.165, 1.54) is 12.4 Å². The molecule has 0 aliphatic rings. The maximum Gasteiger partial charge on any atom is 0.410 e. The molecule has 2 aromatic heterocycles. The van der Waals surface area contributed by atoms with Crippen LogP contribution in [0.5, 0.6) is 0 Å². The SMILES string of the molecule is C=c1[nH]cc/c1=C(/N=CC)c1ccn([C@H](CC#N)C(F)(F)F)c1. The second kappa shape index (κ2) is 6.57. The van der Waals surface area contributed by atoms with Crippen molar-refractivity contribution in [2.24, 2.45) is 4.99 Å². The molecule has 0 radical (unpaired) electrons. The van der Waals surface area contributed by atoms with E-state index in [1.54, 1.807) is 37.5 Å². The average Bonchev–Trinajstić information content (AvgIpc) is 3.10. The van der Waals surface area contributed by atoms with Crippen LogP contribution in [0.1, 0.15) is 24.9 Å². The van der Waals surface area contributed by atoms with Gasteiger partial charge in [-0.3, -0.25) is 4.99 Å². The monoisotopic (exact) mass is 320 g/mol. The van der Waals surface area contributed by atoms with Crippen molar-refractivity contribution in [2.75, 3.05) is 0 Å². The van der Waals surface area contributed by atoms with Crippen LogP contribution in [0, 0.1) is 11.3 Å². The van der Waals surface area contributed by atoms with Crippen molar-refractivity contribution in [3.05, 3.63) is 46.9 Å². The largest absolute Gasteiger partial charge is 0.410 e. The summed E-state index contributed by atoms with van der Waals surface area (Å²) in [5.41, 5.74) is 1.05. The minimum Gasteiger partial charge on any atom is -0.362 e. The Hall–Kier alpha value is -2.75. The molecule has 1 N–H and O–H groups in total. The van der Waals surface area contributed by atoms with Crippen LogP contribution in [-0.4, -0.2) is 21.9 Å². The molecule has 2 rings (SSSR count). The summed E-state index contributed by atoms with van der Waals surface area (Å²) < 4.78 is 40.2. The number of rotatable bonds is 4. The lowest BCUT2D eigenvalue weighted by Gasteiger charge is -2.19. The highest BCUT2D eigenvalue weighted by Gasteiger charge is 2.40. The van der Waals surface area contributed by atoms with Gasteiger partial charge in [0.05, 0.1) is 18.2 Å². The molecule has 0 fully saturated rings. The van der Waals surface area contributed by atoms with Crippen LogP contribution in [0.15, 0.2) is 35.7 Å². The first-order valence-corrected chi connectivity index (χ1v) is 6.85. The highest BCUT2D eigenvalue weighted by molar-refractivity contribution is 5.72. The van der Waals surface area contributed by atoms with Crippen LogP contribution in [0.3, 0.4) is 0 Å². The van der Waals surface area contributed by atoms with Crippen LogP contribution >= 0.6 is 0 Å². The molecule has 0 amide bonds. The molecule has 4 nitrogen and oxygen atoms in total. The highest BCUT2D eigenvalue weighted by Crippen LogP contribution is 2.33. The number of aliphatic imine (C=N–C) groups is 1. The first kappa shape index (κ1) is 16.6. The fourth-order valence-electron chi connectivity index (χ4n) is 2.28. The molecule has 0 unspecified atom stereocenters. The molecule has 1 atom stereocenters. The van der Waals surface area contributed by atoms with Crippen LogP contribution in [0.2, 0.25) is 0 Å². The summed E-state index contributed by atoms with van der Waals surface area (Å²) in [5, 5.41) is 9.98. The molecule has 0 saturated carbocycles. The number of aromatic nitrogens is 2. The minimum atomic E-state index is -4.49. The van der Waals surface area contributed by atoms with Crippen molar-refractivity contribution >= 4 is 18.5 Å². The lowest BCUT2D eigenvalue weighted by molar-refractivity contribution is -0.166. The van der Waals surface area contributed by atoms with Gasteiger partial charge in [-0.15, -0.1) is 0 Å². The number of halogens is 3. The van der Waals surface area contributed by atoms with Crippen molar-refractivity contribution in [3.63, 3.8) is 0 Å². The lowest BCUT2D eigenvalue weighted by Crippen LogP contribution is -2.25. The summed E-state index contributed by atoms with van der Waals surface area (Å²) in [7, 11) is 0. The Morgan fingerprint density at radius 2 is 2.26 bits per heavy atom. The molecule has 0 aliphatic heterocycles. The fraction of sp³-hybridized carbons (Fsp3) is 0.250. The molecule has 120 valence electrons. The van der Waals surface area contributed by atoms with Gasteiger partial charge in [0.2, 0.25) is 0 Å². The standard InChI is InChI=1S/C16H15F3N4/c1-3-21-15(13-5-8-22-11(13)2)12-6-9-23(10-12)14(4-7-20)16(17,18)19/h3,5-6,8-10,14,22H,2,4H2,1H3/b15-13-,21-3?/t14-/m1/s1. The van der Waals surface area contributed by atoms with E-state index in [9.17, 15) is 13.2 Å². The number of hydrogen-bond donors (Lipinski definition) is 1. The van der Waals surface area contributed by atoms with Gasteiger partial charge in [0.25, 0.3) is 0 Å². The Morgan fingerprint density at radius 3 is 2.78 bits per heavy atom. The summed E-state index contributed by atoms with van der Waals surface area (Å²) >= 11 is 0. The zero-order chi connectivity index (χ0) is 17.0. The third-order valence-corrected chi connectivity index (χ3v) is 3.36. The number of nitriles is 1. The molecule has 2 aromatic rings. The molecule has 0 saturated heterocycles. The van der Waals surface area contributed by atoms with E-state index >= 15 is 0 Å². The van der Waals surface area contributed by atoms with Gasteiger partial charge in [0, 0.05) is 40.9 Å². The number of nitrogens with one attached hydrogen (secondary N) is 1. The third kappa shape index (κ3) is 3.54. The molecule has 0 spiro atoms. The Kier molecular flexibility index (Phi) is 4.74. The molecule has 2 heterocycles. The second-order valence-corrected chi connectivity index (χ2v) is 4.87. The maximum atomic E-state index is 13.1. The lowest BCUT2D eigenvalue weighted by atomic mass is 10.2. The van der Waals surface area contributed by atoms with Crippen LogP contribution < -0.4 is 10.6 Å². The van der Waals surface area contributed by atoms with E-state index in [1.807, 2.05) is 0 Å². The summed E-state index contributed by atoms with van der Waals surface area (Å²) in [5.74, 6) is 0. The van der Waals surface area contributed by atoms with Gasteiger partial charge >= 0.3 is 6.18 Å². The van der Waals surface area contributed by atoms with Crippen LogP contribution in [0.4, 0.5) is 13.2 Å². The van der Waals surface area contributed by atoms with Crippen molar-refractivity contribution in [3.8, 4) is 6.07 Å². The Bertz CT molecular complexity index is 849. The minimum absolute atomic E-state index is 0.524. The molecule has 0 aromatic carbocycles. The molecule has 23 heavy (non-hydrogen) atoms. The smallest absolute Gasteiger partial charge is 0.362 e. The molecule has 0 bridgehead atoms. The average molecular weight is 320 g/mol. The van der Waals surface area contributed by atoms with E-state index in [2.05, 4.69) is 16.6 Å². The highest BCUT2D eigenvalue weighted by atomic mass is 19.4. The topological polar surface area (TPSA) is 56.9 Å². The Labute approximate surface area is 130 Å². The van der Waals surface area contributed by atoms with E-state index < -0.39 is 18.6 Å². The maximum absolute atomic E-state index is 13.1. The normalized spacial score (nSPS) is 14.7. The van der Waals surface area contributed by atoms with Gasteiger partial charge in [-0.05, 0) is 19.1 Å². The van der Waals surface area contributed by atoms with Crippen molar-refractivity contribution in [1.82, 2.24) is 9.55 Å². The fourth-order valence-corrected chi connectivity index (χ4v) is 2.28. The summed E-state index contributed by atoms with van der Waals surface area (Å²) in [4.78, 5) is 7.17. The molecular formula is C16H15F3N4. The van der Waals surface area contributed by atoms with Gasteiger partial charge in [-0.2, -0.15) is 18.4 Å². The van der Waals surface area contributed by atoms with E-state index in [4.69, 9.17) is 5.26 Å². The molecule has 7 heteroatoms. The van der Waals surface area contributed by atoms with E-state index in [0.29, 0.717) is 21.8 Å². The molecule has 0 aliphatic carbocycles. The Morgan fingerprint density at radius 1 is 1.52 bits per heavy atom. The van der Waals surface area contributed by atoms with Crippen LogP contribution in [-0.2, 0) is 0 Å². The summed E-state index contributed by atoms with van der Waals surface area (Å²) in [6.45, 7) is 5.56. The number of H-pyrrole nitrogens is 1. The second-order valence-electron chi connectivity index (χ2n) is 4.87. The first-order valence-electron chi connectivity index (χ1n) is 6.85. The van der Waals surface area contributed by atoms with Gasteiger partial charge in [0.15, 0.2) is 0 Å². The van der Waals surface area contributed by atoms with E-state index in [0.717, 1.165) is 4.57 Å². The van der Waals surface area contributed by atoms with E-state index in [-0.39, 0.29) is 0 Å². The molecular weight excluding hydrogens is 305 g/mol. The van der Waals surface area contributed by atoms with Crippen molar-refractivity contribution < 1.29 is 13.2 Å². The zero-order valence-corrected chi connectivity index (χ0v) is 12.4. The van der Waals surface area contributed by atoms with Gasteiger partial charge < -0.3 is 9.55 Å². The number of alkyl halides is 3. The summed E-state index contributed by atoms with van der Waals surface area (Å²) in [6, 6.07) is 3.01. The van der Waals surface area contributed by atoms with Gasteiger partial charge in [-0.25, -0.2) is 0 Å². The van der Waals surface area contributed by atoms with Gasteiger partial charge in [0.1, 0.15) is 6.04 Å². The number of aromatic amines is 1. The number of nitrogens with zero attached hydrogens (tertiary/aromatic N) is 3. The predicted molar refractivity (Wildman–Crippen MR) is 82.0 cm³/mol. The van der Waals surface area contributed by atoms with Crippen molar-refractivity contribution in [1.29, 1.82) is 5.26 Å². The van der Waals surface area contributed by atoms with Gasteiger partial charge in [-0.1, -0.05) is 6.58 Å². The van der Waals surface area contributed by atoms with Crippen LogP contribution in [0.25, 0.3) is 12.3 Å². The quantitative estimate of drug-likeness (QED) is 0.865. The predicted octanol–water partition coefficient (Wildman–Crippen LogP) is 2.49. The number of hydrogen-bond acceptors (Lipinski definition) is 2. The third-order valence-electron chi connectivity index (χ3n) is 3.36. The zero-order valence-electron chi connectivity index (χ0n) is 12.4. The Balaban J connectivity index is 2.56. The first-order chi connectivity index (χ1) is 10.9.